The van der Waals surface area contributed by atoms with Crippen molar-refractivity contribution in [2.75, 3.05) is 5.88 Å². The molecule has 1 aliphatic carbocycles. The minimum Gasteiger partial charge on any atom is -0.490 e. The summed E-state index contributed by atoms with van der Waals surface area (Å²) in [6.07, 6.45) is 3.97. The van der Waals surface area contributed by atoms with E-state index in [-0.39, 0.29) is 0 Å². The Balaban J connectivity index is 2.02. The molecule has 1 aromatic carbocycles. The first-order valence-corrected chi connectivity index (χ1v) is 7.52. The first-order valence-electron chi connectivity index (χ1n) is 6.99. The monoisotopic (exact) mass is 276 g/mol. The maximum atomic E-state index is 6.12. The smallest absolute Gasteiger partial charge is 0.120 e. The molecule has 19 heavy (non-hydrogen) atoms. The van der Waals surface area contributed by atoms with Crippen molar-refractivity contribution in [3.8, 4) is 17.6 Å². The predicted molar refractivity (Wildman–Crippen MR) is 80.6 cm³/mol. The van der Waals surface area contributed by atoms with E-state index in [9.17, 15) is 0 Å². The van der Waals surface area contributed by atoms with Gasteiger partial charge in [0.2, 0.25) is 0 Å². The molecule has 1 aliphatic rings. The van der Waals surface area contributed by atoms with Gasteiger partial charge >= 0.3 is 0 Å². The Bertz CT molecular complexity index is 462. The minimum absolute atomic E-state index is 0.343. The van der Waals surface area contributed by atoms with Crippen LogP contribution in [0.1, 0.15) is 38.7 Å². The van der Waals surface area contributed by atoms with Gasteiger partial charge in [-0.3, -0.25) is 0 Å². The lowest BCUT2D eigenvalue weighted by Crippen LogP contribution is -2.28. The van der Waals surface area contributed by atoms with Crippen LogP contribution in [0.4, 0.5) is 0 Å². The van der Waals surface area contributed by atoms with Crippen LogP contribution in [0.25, 0.3) is 0 Å². The molecule has 1 fully saturated rings. The lowest BCUT2D eigenvalue weighted by molar-refractivity contribution is 0.101. The Hall–Kier alpha value is -1.13. The van der Waals surface area contributed by atoms with Crippen molar-refractivity contribution in [1.82, 2.24) is 0 Å². The third kappa shape index (κ3) is 4.48. The molecule has 1 nitrogen and oxygen atoms in total. The number of hydrogen-bond donors (Lipinski definition) is 0. The summed E-state index contributed by atoms with van der Waals surface area (Å²) in [5.41, 5.74) is 0.968. The van der Waals surface area contributed by atoms with E-state index in [1.807, 2.05) is 24.3 Å². The molecule has 2 heteroatoms. The van der Waals surface area contributed by atoms with Gasteiger partial charge in [-0.15, -0.1) is 11.6 Å². The summed E-state index contributed by atoms with van der Waals surface area (Å²) in [5.74, 6) is 8.70. The number of benzene rings is 1. The Kier molecular flexibility index (Phi) is 5.16. The third-order valence-electron chi connectivity index (χ3n) is 3.57. The summed E-state index contributed by atoms with van der Waals surface area (Å²) in [7, 11) is 0. The first kappa shape index (κ1) is 14.3. The molecule has 0 amide bonds. The van der Waals surface area contributed by atoms with Crippen molar-refractivity contribution in [2.45, 2.75) is 39.2 Å². The topological polar surface area (TPSA) is 9.23 Å². The number of alkyl halides is 1. The summed E-state index contributed by atoms with van der Waals surface area (Å²) in [5, 5.41) is 0. The second-order valence-electron chi connectivity index (χ2n) is 5.62. The third-order valence-corrected chi connectivity index (χ3v) is 3.71. The first-order chi connectivity index (χ1) is 9.17. The molecular formula is C17H21ClO. The van der Waals surface area contributed by atoms with Crippen LogP contribution >= 0.6 is 11.6 Å². The number of halogens is 1. The van der Waals surface area contributed by atoms with E-state index in [1.165, 1.54) is 6.42 Å². The van der Waals surface area contributed by atoms with Gasteiger partial charge in [0.25, 0.3) is 0 Å². The molecule has 2 unspecified atom stereocenters. The summed E-state index contributed by atoms with van der Waals surface area (Å²) in [4.78, 5) is 0. The fourth-order valence-corrected chi connectivity index (χ4v) is 3.01. The molecule has 0 saturated heterocycles. The fourth-order valence-electron chi connectivity index (χ4n) is 2.94. The van der Waals surface area contributed by atoms with Crippen molar-refractivity contribution >= 4 is 11.6 Å². The lowest BCUT2D eigenvalue weighted by Gasteiger charge is -2.31. The van der Waals surface area contributed by atoms with Crippen LogP contribution < -0.4 is 4.74 Å². The van der Waals surface area contributed by atoms with E-state index < -0.39 is 0 Å². The van der Waals surface area contributed by atoms with E-state index in [0.29, 0.717) is 12.0 Å². The molecule has 0 bridgehead atoms. The van der Waals surface area contributed by atoms with Crippen molar-refractivity contribution < 1.29 is 4.74 Å². The van der Waals surface area contributed by atoms with Crippen LogP contribution in [0.5, 0.6) is 5.75 Å². The van der Waals surface area contributed by atoms with Gasteiger partial charge in [-0.2, -0.15) is 0 Å². The molecule has 0 N–H and O–H groups in total. The molecule has 0 heterocycles. The Morgan fingerprint density at radius 1 is 1.21 bits per heavy atom. The molecule has 1 saturated carbocycles. The standard InChI is InChI=1S/C17H21ClO/c1-13-9-14(2)11-17(10-13)19-16-7-3-5-15(12-16)6-4-8-18/h3,5,7,12-14,17H,8-11H2,1-2H3. The molecule has 2 rings (SSSR count). The fraction of sp³-hybridized carbons (Fsp3) is 0.529. The van der Waals surface area contributed by atoms with Gasteiger partial charge in [-0.05, 0) is 49.3 Å². The Labute approximate surface area is 121 Å². The lowest BCUT2D eigenvalue weighted by atomic mass is 9.82. The van der Waals surface area contributed by atoms with E-state index in [0.717, 1.165) is 36.0 Å². The molecular weight excluding hydrogens is 256 g/mol. The Morgan fingerprint density at radius 3 is 2.63 bits per heavy atom. The van der Waals surface area contributed by atoms with Crippen LogP contribution in [-0.4, -0.2) is 12.0 Å². The van der Waals surface area contributed by atoms with E-state index >= 15 is 0 Å². The SMILES string of the molecule is CC1CC(C)CC(Oc2cccc(C#CCCl)c2)C1. The highest BCUT2D eigenvalue weighted by Crippen LogP contribution is 2.31. The average molecular weight is 277 g/mol. The second-order valence-corrected chi connectivity index (χ2v) is 5.89. The second kappa shape index (κ2) is 6.87. The van der Waals surface area contributed by atoms with Gasteiger partial charge < -0.3 is 4.74 Å². The number of ether oxygens (including phenoxy) is 1. The summed E-state index contributed by atoms with van der Waals surface area (Å²) >= 11 is 5.57. The van der Waals surface area contributed by atoms with Crippen LogP contribution in [0.15, 0.2) is 24.3 Å². The molecule has 0 aromatic heterocycles. The van der Waals surface area contributed by atoms with Crippen molar-refractivity contribution in [3.05, 3.63) is 29.8 Å². The van der Waals surface area contributed by atoms with E-state index in [2.05, 4.69) is 25.7 Å². The number of rotatable bonds is 2. The quantitative estimate of drug-likeness (QED) is 0.572. The van der Waals surface area contributed by atoms with Crippen LogP contribution in [-0.2, 0) is 0 Å². The number of hydrogen-bond acceptors (Lipinski definition) is 1. The van der Waals surface area contributed by atoms with Crippen LogP contribution in [0.3, 0.4) is 0 Å². The van der Waals surface area contributed by atoms with E-state index in [4.69, 9.17) is 16.3 Å². The highest BCUT2D eigenvalue weighted by Gasteiger charge is 2.25. The molecule has 0 radical (unpaired) electrons. The molecule has 1 aromatic rings. The van der Waals surface area contributed by atoms with Gasteiger partial charge in [-0.1, -0.05) is 31.8 Å². The zero-order chi connectivity index (χ0) is 13.7. The normalized spacial score (nSPS) is 26.4. The Morgan fingerprint density at radius 2 is 1.95 bits per heavy atom. The van der Waals surface area contributed by atoms with Gasteiger partial charge in [0.1, 0.15) is 5.75 Å². The minimum atomic E-state index is 0.343. The molecule has 0 aliphatic heterocycles. The van der Waals surface area contributed by atoms with Gasteiger partial charge in [0.05, 0.1) is 12.0 Å². The van der Waals surface area contributed by atoms with Gasteiger partial charge in [0, 0.05) is 5.56 Å². The van der Waals surface area contributed by atoms with Crippen LogP contribution in [0.2, 0.25) is 0 Å². The van der Waals surface area contributed by atoms with E-state index in [1.54, 1.807) is 0 Å². The van der Waals surface area contributed by atoms with Crippen molar-refractivity contribution in [2.24, 2.45) is 11.8 Å². The molecule has 0 spiro atoms. The zero-order valence-electron chi connectivity index (χ0n) is 11.7. The summed E-state index contributed by atoms with van der Waals surface area (Å²) < 4.78 is 6.12. The maximum absolute atomic E-state index is 6.12. The zero-order valence-corrected chi connectivity index (χ0v) is 12.4. The predicted octanol–water partition coefficient (Wildman–Crippen LogP) is 4.48. The van der Waals surface area contributed by atoms with Crippen molar-refractivity contribution in [1.29, 1.82) is 0 Å². The summed E-state index contributed by atoms with van der Waals surface area (Å²) in [6, 6.07) is 7.99. The van der Waals surface area contributed by atoms with Crippen LogP contribution in [0, 0.1) is 23.7 Å². The summed E-state index contributed by atoms with van der Waals surface area (Å²) in [6.45, 7) is 4.63. The van der Waals surface area contributed by atoms with Gasteiger partial charge in [0.15, 0.2) is 0 Å². The average Bonchev–Trinajstić information content (AvgIpc) is 2.35. The highest BCUT2D eigenvalue weighted by molar-refractivity contribution is 6.19. The van der Waals surface area contributed by atoms with Crippen molar-refractivity contribution in [3.63, 3.8) is 0 Å². The maximum Gasteiger partial charge on any atom is 0.120 e. The molecule has 102 valence electrons. The van der Waals surface area contributed by atoms with Gasteiger partial charge in [-0.25, -0.2) is 0 Å². The molecule has 2 atom stereocenters. The highest BCUT2D eigenvalue weighted by atomic mass is 35.5. The largest absolute Gasteiger partial charge is 0.490 e.